The van der Waals surface area contributed by atoms with Crippen LogP contribution in [0.3, 0.4) is 0 Å². The van der Waals surface area contributed by atoms with Crippen molar-refractivity contribution < 1.29 is 9.53 Å². The van der Waals surface area contributed by atoms with Gasteiger partial charge in [0.25, 0.3) is 0 Å². The Kier molecular flexibility index (Phi) is 4.39. The quantitative estimate of drug-likeness (QED) is 0.662. The summed E-state index contributed by atoms with van der Waals surface area (Å²) in [5.74, 6) is 0.363. The van der Waals surface area contributed by atoms with Crippen LogP contribution < -0.4 is 5.32 Å². The summed E-state index contributed by atoms with van der Waals surface area (Å²) in [6.07, 6.45) is 0. The van der Waals surface area contributed by atoms with E-state index in [4.69, 9.17) is 4.74 Å². The zero-order valence-corrected chi connectivity index (χ0v) is 9.37. The molecule has 0 saturated heterocycles. The van der Waals surface area contributed by atoms with Gasteiger partial charge in [-0.3, -0.25) is 4.79 Å². The highest BCUT2D eigenvalue weighted by Crippen LogP contribution is 2.09. The topological polar surface area (TPSA) is 51.2 Å². The van der Waals surface area contributed by atoms with Gasteiger partial charge >= 0.3 is 5.97 Å². The van der Waals surface area contributed by atoms with Gasteiger partial charge in [-0.15, -0.1) is 0 Å². The van der Waals surface area contributed by atoms with E-state index >= 15 is 0 Å². The fourth-order valence-corrected chi connectivity index (χ4v) is 1.23. The maximum atomic E-state index is 11.0. The van der Waals surface area contributed by atoms with Crippen molar-refractivity contribution in [1.29, 1.82) is 0 Å². The van der Waals surface area contributed by atoms with E-state index in [9.17, 15) is 4.79 Å². The van der Waals surface area contributed by atoms with E-state index in [1.54, 1.807) is 13.0 Å². The van der Waals surface area contributed by atoms with Gasteiger partial charge in [-0.2, -0.15) is 0 Å². The Labute approximate surface area is 90.8 Å². The molecule has 0 fully saturated rings. The number of esters is 1. The Morgan fingerprint density at radius 2 is 2.43 bits per heavy atom. The van der Waals surface area contributed by atoms with E-state index in [1.807, 2.05) is 12.1 Å². The van der Waals surface area contributed by atoms with E-state index in [0.717, 1.165) is 4.60 Å². The highest BCUT2D eigenvalue weighted by Gasteiger charge is 2.01. The molecule has 0 aliphatic carbocycles. The summed E-state index contributed by atoms with van der Waals surface area (Å²) in [5.41, 5.74) is 0. The Hall–Kier alpha value is -1.10. The van der Waals surface area contributed by atoms with Crippen molar-refractivity contribution >= 4 is 27.7 Å². The number of aromatic nitrogens is 1. The molecule has 0 aliphatic heterocycles. The number of hydrogen-bond acceptors (Lipinski definition) is 4. The van der Waals surface area contributed by atoms with Crippen LogP contribution in [0.5, 0.6) is 0 Å². The average Bonchev–Trinajstić information content (AvgIpc) is 2.15. The normalized spacial score (nSPS) is 9.57. The van der Waals surface area contributed by atoms with Gasteiger partial charge in [-0.05, 0) is 35.0 Å². The monoisotopic (exact) mass is 258 g/mol. The van der Waals surface area contributed by atoms with Gasteiger partial charge in [-0.25, -0.2) is 4.98 Å². The third kappa shape index (κ3) is 3.74. The average molecular weight is 259 g/mol. The molecular weight excluding hydrogens is 248 g/mol. The van der Waals surface area contributed by atoms with Gasteiger partial charge in [0.2, 0.25) is 0 Å². The molecule has 1 rings (SSSR count). The van der Waals surface area contributed by atoms with Crippen molar-refractivity contribution in [1.82, 2.24) is 4.98 Å². The number of halogens is 1. The van der Waals surface area contributed by atoms with Crippen LogP contribution in [-0.2, 0) is 9.53 Å². The number of rotatable bonds is 4. The predicted octanol–water partition coefficient (Wildman–Crippen LogP) is 1.82. The number of nitrogens with one attached hydrogen (secondary N) is 1. The lowest BCUT2D eigenvalue weighted by Gasteiger charge is -2.04. The first-order valence-electron chi connectivity index (χ1n) is 4.24. The first-order chi connectivity index (χ1) is 6.72. The van der Waals surface area contributed by atoms with Crippen LogP contribution >= 0.6 is 15.9 Å². The summed E-state index contributed by atoms with van der Waals surface area (Å²) in [4.78, 5) is 15.1. The van der Waals surface area contributed by atoms with Crippen LogP contribution in [0.15, 0.2) is 22.8 Å². The molecule has 1 aromatic rings. The minimum absolute atomic E-state index is 0.136. The number of carbonyl (C=O) groups is 1. The van der Waals surface area contributed by atoms with Gasteiger partial charge in [-0.1, -0.05) is 6.07 Å². The summed E-state index contributed by atoms with van der Waals surface area (Å²) < 4.78 is 5.48. The molecule has 0 aliphatic rings. The molecule has 0 aromatic carbocycles. The fraction of sp³-hybridized carbons (Fsp3) is 0.333. The van der Waals surface area contributed by atoms with E-state index < -0.39 is 0 Å². The summed E-state index contributed by atoms with van der Waals surface area (Å²) in [5, 5.41) is 2.85. The lowest BCUT2D eigenvalue weighted by atomic mass is 10.4. The molecule has 1 N–H and O–H groups in total. The van der Waals surface area contributed by atoms with Crippen LogP contribution in [0.1, 0.15) is 6.92 Å². The van der Waals surface area contributed by atoms with E-state index in [-0.39, 0.29) is 12.5 Å². The van der Waals surface area contributed by atoms with Crippen molar-refractivity contribution in [3.63, 3.8) is 0 Å². The second kappa shape index (κ2) is 5.59. The van der Waals surface area contributed by atoms with Crippen molar-refractivity contribution in [2.75, 3.05) is 18.5 Å². The predicted molar refractivity (Wildman–Crippen MR) is 57.1 cm³/mol. The maximum Gasteiger partial charge on any atom is 0.325 e. The van der Waals surface area contributed by atoms with Crippen molar-refractivity contribution in [2.24, 2.45) is 0 Å². The molecule has 0 unspecified atom stereocenters. The Morgan fingerprint density at radius 1 is 1.64 bits per heavy atom. The molecule has 0 radical (unpaired) electrons. The zero-order chi connectivity index (χ0) is 10.4. The van der Waals surface area contributed by atoms with E-state index in [1.165, 1.54) is 0 Å². The summed E-state index contributed by atoms with van der Waals surface area (Å²) in [7, 11) is 0. The first kappa shape index (κ1) is 11.0. The number of hydrogen-bond donors (Lipinski definition) is 1. The fourth-order valence-electron chi connectivity index (χ4n) is 0.881. The van der Waals surface area contributed by atoms with Crippen LogP contribution in [0.2, 0.25) is 0 Å². The third-order valence-corrected chi connectivity index (χ3v) is 1.88. The molecule has 0 bridgehead atoms. The van der Waals surface area contributed by atoms with Crippen molar-refractivity contribution in [3.8, 4) is 0 Å². The van der Waals surface area contributed by atoms with E-state index in [2.05, 4.69) is 26.2 Å². The van der Waals surface area contributed by atoms with Crippen LogP contribution in [0.25, 0.3) is 0 Å². The molecule has 0 saturated carbocycles. The van der Waals surface area contributed by atoms with Gasteiger partial charge in [0.05, 0.1) is 6.61 Å². The molecule has 0 atom stereocenters. The standard InChI is InChI=1S/C9H11BrN2O2/c1-2-14-9(13)6-11-8-5-3-4-7(10)12-8/h3-5H,2,6H2,1H3,(H,11,12). The largest absolute Gasteiger partial charge is 0.465 e. The molecule has 1 heterocycles. The summed E-state index contributed by atoms with van der Waals surface area (Å²) in [6, 6.07) is 5.43. The van der Waals surface area contributed by atoms with Gasteiger partial charge in [0, 0.05) is 0 Å². The molecule has 14 heavy (non-hydrogen) atoms. The lowest BCUT2D eigenvalue weighted by Crippen LogP contribution is -2.17. The molecule has 5 heteroatoms. The smallest absolute Gasteiger partial charge is 0.325 e. The molecule has 1 aromatic heterocycles. The minimum Gasteiger partial charge on any atom is -0.465 e. The molecule has 76 valence electrons. The first-order valence-corrected chi connectivity index (χ1v) is 5.03. The van der Waals surface area contributed by atoms with Crippen LogP contribution in [0.4, 0.5) is 5.82 Å². The maximum absolute atomic E-state index is 11.0. The van der Waals surface area contributed by atoms with Gasteiger partial charge < -0.3 is 10.1 Å². The van der Waals surface area contributed by atoms with Gasteiger partial charge in [0.1, 0.15) is 17.0 Å². The van der Waals surface area contributed by atoms with E-state index in [0.29, 0.717) is 12.4 Å². The summed E-state index contributed by atoms with van der Waals surface area (Å²) >= 11 is 3.23. The highest BCUT2D eigenvalue weighted by molar-refractivity contribution is 9.10. The molecule has 0 amide bonds. The summed E-state index contributed by atoms with van der Waals surface area (Å²) in [6.45, 7) is 2.30. The zero-order valence-electron chi connectivity index (χ0n) is 7.79. The van der Waals surface area contributed by atoms with Crippen LogP contribution in [-0.4, -0.2) is 24.1 Å². The molecule has 0 spiro atoms. The minimum atomic E-state index is -0.283. The molecule has 4 nitrogen and oxygen atoms in total. The number of nitrogens with zero attached hydrogens (tertiary/aromatic N) is 1. The SMILES string of the molecule is CCOC(=O)CNc1cccc(Br)n1. The number of carbonyl (C=O) groups excluding carboxylic acids is 1. The van der Waals surface area contributed by atoms with Crippen LogP contribution in [0, 0.1) is 0 Å². The second-order valence-corrected chi connectivity index (χ2v) is 3.32. The number of ether oxygens (including phenoxy) is 1. The lowest BCUT2D eigenvalue weighted by molar-refractivity contribution is -0.140. The third-order valence-electron chi connectivity index (χ3n) is 1.43. The Balaban J connectivity index is 2.41. The van der Waals surface area contributed by atoms with Gasteiger partial charge in [0.15, 0.2) is 0 Å². The van der Waals surface area contributed by atoms with Crippen molar-refractivity contribution in [3.05, 3.63) is 22.8 Å². The second-order valence-electron chi connectivity index (χ2n) is 2.50. The Morgan fingerprint density at radius 3 is 3.07 bits per heavy atom. The number of pyridine rings is 1. The number of anilines is 1. The van der Waals surface area contributed by atoms with Crippen molar-refractivity contribution in [2.45, 2.75) is 6.92 Å². The highest BCUT2D eigenvalue weighted by atomic mass is 79.9. The Bertz CT molecular complexity index is 317. The molecular formula is C9H11BrN2O2.